The minimum atomic E-state index is -0.179. The molecule has 0 saturated heterocycles. The molecule has 0 aromatic carbocycles. The summed E-state index contributed by atoms with van der Waals surface area (Å²) in [4.78, 5) is 18.5. The fourth-order valence-corrected chi connectivity index (χ4v) is 2.06. The molecule has 0 fully saturated rings. The summed E-state index contributed by atoms with van der Waals surface area (Å²) in [5, 5.41) is 0. The molecule has 1 aromatic rings. The molecule has 15 heavy (non-hydrogen) atoms. The maximum Gasteiger partial charge on any atom is 0.320 e. The highest BCUT2D eigenvalue weighted by Gasteiger charge is 2.09. The maximum absolute atomic E-state index is 11.2. The van der Waals surface area contributed by atoms with Crippen molar-refractivity contribution in [2.75, 3.05) is 20.2 Å². The third-order valence-electron chi connectivity index (χ3n) is 1.96. The number of carbonyl (C=O) groups excluding carboxylic acids is 1. The summed E-state index contributed by atoms with van der Waals surface area (Å²) in [5.74, 6) is -0.179. The van der Waals surface area contributed by atoms with E-state index in [1.54, 1.807) is 11.3 Å². The van der Waals surface area contributed by atoms with Crippen molar-refractivity contribution in [3.05, 3.63) is 16.1 Å². The number of thiazole rings is 1. The molecular formula is C10H16N2O2S. The molecule has 0 atom stereocenters. The lowest BCUT2D eigenvalue weighted by Crippen LogP contribution is -2.26. The molecule has 0 bridgehead atoms. The van der Waals surface area contributed by atoms with E-state index in [-0.39, 0.29) is 5.97 Å². The molecule has 0 aliphatic heterocycles. The van der Waals surface area contributed by atoms with Crippen LogP contribution in [-0.2, 0) is 16.1 Å². The van der Waals surface area contributed by atoms with Gasteiger partial charge < -0.3 is 4.74 Å². The molecule has 0 radical (unpaired) electrons. The number of hydrogen-bond donors (Lipinski definition) is 0. The quantitative estimate of drug-likeness (QED) is 0.715. The van der Waals surface area contributed by atoms with Crippen molar-refractivity contribution in [2.24, 2.45) is 0 Å². The lowest BCUT2D eigenvalue weighted by Gasteiger charge is -2.14. The van der Waals surface area contributed by atoms with Crippen molar-refractivity contribution >= 4 is 17.3 Å². The van der Waals surface area contributed by atoms with Gasteiger partial charge in [-0.3, -0.25) is 9.69 Å². The Morgan fingerprint density at radius 3 is 2.93 bits per heavy atom. The number of aromatic nitrogens is 1. The second-order valence-electron chi connectivity index (χ2n) is 3.34. The zero-order chi connectivity index (χ0) is 11.3. The molecule has 5 heteroatoms. The Kier molecular flexibility index (Phi) is 4.71. The highest BCUT2D eigenvalue weighted by molar-refractivity contribution is 7.09. The van der Waals surface area contributed by atoms with Gasteiger partial charge in [0.2, 0.25) is 0 Å². The highest BCUT2D eigenvalue weighted by Crippen LogP contribution is 2.13. The first-order valence-corrected chi connectivity index (χ1v) is 5.74. The fourth-order valence-electron chi connectivity index (χ4n) is 1.21. The first kappa shape index (κ1) is 12.1. The number of rotatable bonds is 5. The van der Waals surface area contributed by atoms with Crippen LogP contribution in [0.1, 0.15) is 17.5 Å². The molecule has 0 N–H and O–H groups in total. The van der Waals surface area contributed by atoms with Crippen molar-refractivity contribution < 1.29 is 9.53 Å². The van der Waals surface area contributed by atoms with E-state index in [0.717, 1.165) is 12.2 Å². The Labute approximate surface area is 93.9 Å². The summed E-state index contributed by atoms with van der Waals surface area (Å²) in [7, 11) is 1.90. The highest BCUT2D eigenvalue weighted by atomic mass is 32.1. The van der Waals surface area contributed by atoms with Gasteiger partial charge in [-0.25, -0.2) is 4.98 Å². The fraction of sp³-hybridized carbons (Fsp3) is 0.600. The van der Waals surface area contributed by atoms with Gasteiger partial charge in [0.1, 0.15) is 0 Å². The number of carbonyl (C=O) groups is 1. The zero-order valence-electron chi connectivity index (χ0n) is 9.32. The van der Waals surface area contributed by atoms with Gasteiger partial charge in [-0.1, -0.05) is 0 Å². The number of aryl methyl sites for hydroxylation is 1. The van der Waals surface area contributed by atoms with Gasteiger partial charge in [0.25, 0.3) is 0 Å². The van der Waals surface area contributed by atoms with E-state index in [4.69, 9.17) is 4.74 Å². The van der Waals surface area contributed by atoms with Gasteiger partial charge >= 0.3 is 5.97 Å². The average molecular weight is 228 g/mol. The van der Waals surface area contributed by atoms with Gasteiger partial charge in [-0.2, -0.15) is 0 Å². The van der Waals surface area contributed by atoms with Gasteiger partial charge in [0, 0.05) is 11.4 Å². The number of likely N-dealkylation sites (N-methyl/N-ethyl adjacent to an activating group) is 1. The first-order chi connectivity index (χ1) is 7.13. The molecule has 0 amide bonds. The Hall–Kier alpha value is -0.940. The average Bonchev–Trinajstić information content (AvgIpc) is 2.52. The SMILES string of the molecule is CCOC(=O)CN(C)Cc1scnc1C. The van der Waals surface area contributed by atoms with Crippen molar-refractivity contribution in [3.63, 3.8) is 0 Å². The number of ether oxygens (including phenoxy) is 1. The summed E-state index contributed by atoms with van der Waals surface area (Å²) < 4.78 is 4.87. The van der Waals surface area contributed by atoms with Crippen LogP contribution in [0, 0.1) is 6.92 Å². The minimum Gasteiger partial charge on any atom is -0.465 e. The number of hydrogen-bond acceptors (Lipinski definition) is 5. The third kappa shape index (κ3) is 3.97. The van der Waals surface area contributed by atoms with E-state index < -0.39 is 0 Å². The van der Waals surface area contributed by atoms with Crippen LogP contribution < -0.4 is 0 Å². The molecule has 0 unspecified atom stereocenters. The summed E-state index contributed by atoms with van der Waals surface area (Å²) >= 11 is 1.61. The second kappa shape index (κ2) is 5.82. The molecule has 1 heterocycles. The molecule has 1 rings (SSSR count). The van der Waals surface area contributed by atoms with Crippen molar-refractivity contribution in [1.82, 2.24) is 9.88 Å². The van der Waals surface area contributed by atoms with E-state index in [9.17, 15) is 4.79 Å². The van der Waals surface area contributed by atoms with Gasteiger partial charge in [0.15, 0.2) is 0 Å². The Morgan fingerprint density at radius 2 is 2.40 bits per heavy atom. The predicted molar refractivity (Wildman–Crippen MR) is 59.8 cm³/mol. The van der Waals surface area contributed by atoms with Crippen LogP contribution in [0.4, 0.5) is 0 Å². The van der Waals surface area contributed by atoms with E-state index in [1.165, 1.54) is 4.88 Å². The molecule has 1 aromatic heterocycles. The minimum absolute atomic E-state index is 0.179. The standard InChI is InChI=1S/C10H16N2O2S/c1-4-14-10(13)6-12(3)5-9-8(2)11-7-15-9/h7H,4-6H2,1-3H3. The predicted octanol–water partition coefficient (Wildman–Crippen LogP) is 1.45. The van der Waals surface area contributed by atoms with Crippen molar-refractivity contribution in [1.29, 1.82) is 0 Å². The van der Waals surface area contributed by atoms with Crippen LogP contribution in [0.15, 0.2) is 5.51 Å². The third-order valence-corrected chi connectivity index (χ3v) is 2.88. The van der Waals surface area contributed by atoms with E-state index in [0.29, 0.717) is 13.2 Å². The normalized spacial score (nSPS) is 10.7. The summed E-state index contributed by atoms with van der Waals surface area (Å²) in [5.41, 5.74) is 2.86. The van der Waals surface area contributed by atoms with Crippen LogP contribution in [0.2, 0.25) is 0 Å². The Bertz CT molecular complexity index is 325. The van der Waals surface area contributed by atoms with Crippen LogP contribution in [0.5, 0.6) is 0 Å². The van der Waals surface area contributed by atoms with Crippen molar-refractivity contribution in [3.8, 4) is 0 Å². The zero-order valence-corrected chi connectivity index (χ0v) is 10.1. The molecule has 4 nitrogen and oxygen atoms in total. The van der Waals surface area contributed by atoms with E-state index >= 15 is 0 Å². The summed E-state index contributed by atoms with van der Waals surface area (Å²) in [6.07, 6.45) is 0. The molecular weight excluding hydrogens is 212 g/mol. The largest absolute Gasteiger partial charge is 0.465 e. The number of nitrogens with zero attached hydrogens (tertiary/aromatic N) is 2. The maximum atomic E-state index is 11.2. The Balaban J connectivity index is 2.39. The lowest BCUT2D eigenvalue weighted by atomic mass is 10.3. The monoisotopic (exact) mass is 228 g/mol. The van der Waals surface area contributed by atoms with Crippen LogP contribution >= 0.6 is 11.3 Å². The molecule has 84 valence electrons. The van der Waals surface area contributed by atoms with Gasteiger partial charge in [-0.05, 0) is 20.9 Å². The lowest BCUT2D eigenvalue weighted by molar-refractivity contribution is -0.144. The molecule has 0 aliphatic carbocycles. The van der Waals surface area contributed by atoms with Crippen LogP contribution in [0.25, 0.3) is 0 Å². The van der Waals surface area contributed by atoms with Gasteiger partial charge in [0.05, 0.1) is 24.4 Å². The summed E-state index contributed by atoms with van der Waals surface area (Å²) in [6.45, 7) is 5.29. The van der Waals surface area contributed by atoms with E-state index in [1.807, 2.05) is 31.3 Å². The molecule has 0 saturated carbocycles. The van der Waals surface area contributed by atoms with E-state index in [2.05, 4.69) is 4.98 Å². The Morgan fingerprint density at radius 1 is 1.67 bits per heavy atom. The molecule has 0 spiro atoms. The smallest absolute Gasteiger partial charge is 0.320 e. The summed E-state index contributed by atoms with van der Waals surface area (Å²) in [6, 6.07) is 0. The molecule has 0 aliphatic rings. The van der Waals surface area contributed by atoms with Crippen LogP contribution in [-0.4, -0.2) is 36.1 Å². The van der Waals surface area contributed by atoms with Gasteiger partial charge in [-0.15, -0.1) is 11.3 Å². The second-order valence-corrected chi connectivity index (χ2v) is 4.28. The van der Waals surface area contributed by atoms with Crippen LogP contribution in [0.3, 0.4) is 0 Å². The number of esters is 1. The van der Waals surface area contributed by atoms with Crippen molar-refractivity contribution in [2.45, 2.75) is 20.4 Å². The first-order valence-electron chi connectivity index (χ1n) is 4.86. The topological polar surface area (TPSA) is 42.4 Å².